The fourth-order valence-electron chi connectivity index (χ4n) is 3.93. The minimum Gasteiger partial charge on any atom is -0.612 e. The molecule has 0 fully saturated rings. The molecule has 0 aromatic heterocycles. The number of hydrogen-bond acceptors (Lipinski definition) is 5. The summed E-state index contributed by atoms with van der Waals surface area (Å²) in [5, 5.41) is 11.3. The van der Waals surface area contributed by atoms with Crippen LogP contribution in [-0.2, 0) is 22.4 Å². The maximum Gasteiger partial charge on any atom is 0.239 e. The van der Waals surface area contributed by atoms with Gasteiger partial charge < -0.3 is 19.1 Å². The Morgan fingerprint density at radius 3 is 2.42 bits per heavy atom. The number of carbonyl (C=O) groups is 1. The van der Waals surface area contributed by atoms with Crippen LogP contribution in [0.5, 0.6) is 11.5 Å². The topological polar surface area (TPSA) is 78.8 Å². The van der Waals surface area contributed by atoms with Gasteiger partial charge in [-0.2, -0.15) is 0 Å². The Balaban J connectivity index is 1.55. The number of allylic oxidation sites excluding steroid dienone is 2. The lowest BCUT2D eigenvalue weighted by Gasteiger charge is -2.21. The number of methoxy groups -OCH3 is 1. The van der Waals surface area contributed by atoms with Crippen molar-refractivity contribution in [2.24, 2.45) is 0 Å². The van der Waals surface area contributed by atoms with E-state index in [-0.39, 0.29) is 10.7 Å². The molecule has 0 aliphatic heterocycles. The van der Waals surface area contributed by atoms with Crippen molar-refractivity contribution in [3.63, 3.8) is 0 Å². The number of hydrogen-bond donors (Lipinski definition) is 1. The third-order valence-corrected chi connectivity index (χ3v) is 6.68. The van der Waals surface area contributed by atoms with E-state index in [2.05, 4.69) is 0 Å². The number of aliphatic hydroxyl groups is 1. The Hall–Kier alpha value is -2.54. The second-order valence-corrected chi connectivity index (χ2v) is 9.54. The molecule has 0 radical (unpaired) electrons. The summed E-state index contributed by atoms with van der Waals surface area (Å²) < 4.78 is 22.9. The first-order valence-electron chi connectivity index (χ1n) is 11.3. The summed E-state index contributed by atoms with van der Waals surface area (Å²) in [6.45, 7) is 0.533. The highest BCUT2D eigenvalue weighted by Crippen LogP contribution is 2.37. The van der Waals surface area contributed by atoms with Crippen LogP contribution in [0.4, 0.5) is 0 Å². The van der Waals surface area contributed by atoms with E-state index in [0.717, 1.165) is 30.8 Å². The summed E-state index contributed by atoms with van der Waals surface area (Å²) in [5.41, 5.74) is 0.172. The van der Waals surface area contributed by atoms with E-state index in [0.29, 0.717) is 31.4 Å². The van der Waals surface area contributed by atoms with Crippen LogP contribution in [0, 0.1) is 0 Å². The number of para-hydroxylation sites is 1. The maximum atomic E-state index is 12.8. The summed E-state index contributed by atoms with van der Waals surface area (Å²) in [6.07, 6.45) is 8.97. The summed E-state index contributed by atoms with van der Waals surface area (Å²) in [4.78, 5) is 13.0. The predicted octanol–water partition coefficient (Wildman–Crippen LogP) is 4.77. The quantitative estimate of drug-likeness (QED) is 0.276. The lowest BCUT2D eigenvalue weighted by Crippen LogP contribution is -2.28. The highest BCUT2D eigenvalue weighted by molar-refractivity contribution is 7.95. The van der Waals surface area contributed by atoms with E-state index in [1.165, 1.54) is 17.9 Å². The highest BCUT2D eigenvalue weighted by atomic mass is 32.2. The zero-order chi connectivity index (χ0) is 23.7. The maximum absolute atomic E-state index is 12.8. The molecule has 2 aromatic rings. The lowest BCUT2D eigenvalue weighted by atomic mass is 9.89. The van der Waals surface area contributed by atoms with Gasteiger partial charge in [-0.25, -0.2) is 0 Å². The Kier molecular flexibility index (Phi) is 9.18. The van der Waals surface area contributed by atoms with Gasteiger partial charge in [-0.3, -0.25) is 4.79 Å². The summed E-state index contributed by atoms with van der Waals surface area (Å²) in [5.74, 6) is 1.33. The SMILES string of the molecule is COc1ccc(CCCC=C2C(=O)C([S+](C)[O-])=CC2(O)CCCCOc2ccccc2)cc1. The molecule has 176 valence electrons. The van der Waals surface area contributed by atoms with Gasteiger partial charge >= 0.3 is 0 Å². The number of aryl methyl sites for hydroxylation is 1. The van der Waals surface area contributed by atoms with Gasteiger partial charge in [0.1, 0.15) is 23.4 Å². The molecule has 1 aliphatic carbocycles. The molecular weight excluding hydrogens is 436 g/mol. The van der Waals surface area contributed by atoms with Crippen molar-refractivity contribution >= 4 is 17.0 Å². The number of ether oxygens (including phenoxy) is 2. The second kappa shape index (κ2) is 12.1. The van der Waals surface area contributed by atoms with E-state index in [4.69, 9.17) is 9.47 Å². The fraction of sp³-hybridized carbons (Fsp3) is 0.370. The molecular formula is C27H32O5S. The molecule has 3 rings (SSSR count). The Morgan fingerprint density at radius 2 is 1.76 bits per heavy atom. The molecule has 5 nitrogen and oxygen atoms in total. The molecule has 0 amide bonds. The number of benzene rings is 2. The Morgan fingerprint density at radius 1 is 1.03 bits per heavy atom. The van der Waals surface area contributed by atoms with Crippen LogP contribution in [-0.4, -0.2) is 41.0 Å². The van der Waals surface area contributed by atoms with Crippen LogP contribution in [0.1, 0.15) is 37.7 Å². The van der Waals surface area contributed by atoms with Gasteiger partial charge in [-0.15, -0.1) is 0 Å². The molecule has 33 heavy (non-hydrogen) atoms. The van der Waals surface area contributed by atoms with Crippen LogP contribution in [0.2, 0.25) is 0 Å². The molecule has 6 heteroatoms. The summed E-state index contributed by atoms with van der Waals surface area (Å²) >= 11 is -1.44. The zero-order valence-electron chi connectivity index (χ0n) is 19.3. The van der Waals surface area contributed by atoms with Gasteiger partial charge in [0.2, 0.25) is 5.78 Å². The van der Waals surface area contributed by atoms with Crippen LogP contribution in [0.3, 0.4) is 0 Å². The Bertz CT molecular complexity index is 966. The van der Waals surface area contributed by atoms with Crippen molar-refractivity contribution in [1.82, 2.24) is 0 Å². The predicted molar refractivity (Wildman–Crippen MR) is 132 cm³/mol. The highest BCUT2D eigenvalue weighted by Gasteiger charge is 2.45. The lowest BCUT2D eigenvalue weighted by molar-refractivity contribution is -0.112. The average Bonchev–Trinajstić information content (AvgIpc) is 3.08. The molecule has 0 saturated carbocycles. The van der Waals surface area contributed by atoms with Crippen molar-refractivity contribution in [1.29, 1.82) is 0 Å². The smallest absolute Gasteiger partial charge is 0.239 e. The first-order chi connectivity index (χ1) is 15.9. The van der Waals surface area contributed by atoms with Gasteiger partial charge in [-0.05, 0) is 79.5 Å². The Labute approximate surface area is 199 Å². The van der Waals surface area contributed by atoms with Gasteiger partial charge in [0, 0.05) is 11.6 Å². The van der Waals surface area contributed by atoms with Crippen molar-refractivity contribution in [2.45, 2.75) is 44.1 Å². The van der Waals surface area contributed by atoms with Gasteiger partial charge in [-0.1, -0.05) is 36.4 Å². The number of rotatable bonds is 12. The molecule has 1 N–H and O–H groups in total. The van der Waals surface area contributed by atoms with E-state index in [9.17, 15) is 14.5 Å². The number of carbonyl (C=O) groups excluding carboxylic acids is 1. The van der Waals surface area contributed by atoms with Crippen molar-refractivity contribution < 1.29 is 23.9 Å². The number of Topliss-reactive ketones (excluding diaryl/α,β-unsaturated/α-hetero) is 1. The summed E-state index contributed by atoms with van der Waals surface area (Å²) in [7, 11) is 1.64. The molecule has 2 aromatic carbocycles. The molecule has 0 bridgehead atoms. The normalized spacial score (nSPS) is 20.1. The van der Waals surface area contributed by atoms with Gasteiger partial charge in [0.15, 0.2) is 4.91 Å². The zero-order valence-corrected chi connectivity index (χ0v) is 20.1. The average molecular weight is 469 g/mol. The van der Waals surface area contributed by atoms with Crippen molar-refractivity contribution in [2.75, 3.05) is 20.0 Å². The largest absolute Gasteiger partial charge is 0.612 e. The third kappa shape index (κ3) is 6.97. The van der Waals surface area contributed by atoms with Crippen LogP contribution < -0.4 is 9.47 Å². The molecule has 0 spiro atoms. The van der Waals surface area contributed by atoms with Crippen LogP contribution in [0.25, 0.3) is 0 Å². The fourth-order valence-corrected chi connectivity index (χ4v) is 4.66. The van der Waals surface area contributed by atoms with E-state index >= 15 is 0 Å². The van der Waals surface area contributed by atoms with Crippen molar-refractivity contribution in [3.8, 4) is 11.5 Å². The monoisotopic (exact) mass is 468 g/mol. The molecule has 0 heterocycles. The first-order valence-corrected chi connectivity index (χ1v) is 12.8. The molecule has 1 aliphatic rings. The van der Waals surface area contributed by atoms with Crippen LogP contribution in [0.15, 0.2) is 77.2 Å². The number of ketones is 1. The minimum atomic E-state index is -1.44. The second-order valence-electron chi connectivity index (χ2n) is 8.19. The van der Waals surface area contributed by atoms with Crippen molar-refractivity contribution in [3.05, 3.63) is 82.8 Å². The molecule has 0 saturated heterocycles. The summed E-state index contributed by atoms with van der Waals surface area (Å²) in [6, 6.07) is 17.5. The minimum absolute atomic E-state index is 0.194. The molecule has 2 atom stereocenters. The van der Waals surface area contributed by atoms with Crippen LogP contribution >= 0.6 is 0 Å². The van der Waals surface area contributed by atoms with E-state index in [1.54, 1.807) is 7.11 Å². The first kappa shape index (κ1) is 25.1. The molecule has 2 unspecified atom stereocenters. The van der Waals surface area contributed by atoms with E-state index < -0.39 is 16.8 Å². The van der Waals surface area contributed by atoms with Gasteiger partial charge in [0.05, 0.1) is 13.7 Å². The van der Waals surface area contributed by atoms with E-state index in [1.807, 2.05) is 60.7 Å². The van der Waals surface area contributed by atoms with Gasteiger partial charge in [0.25, 0.3) is 0 Å². The third-order valence-electron chi connectivity index (χ3n) is 5.76. The standard InChI is InChI=1S/C27H32O5S/c1-31-22-16-14-21(15-17-22)10-6-7-13-24-26(28)25(33(2)30)20-27(24,29)18-8-9-19-32-23-11-4-3-5-12-23/h3-5,11-17,20,29H,6-10,18-19H2,1-2H3. The number of unbranched alkanes of at least 4 members (excludes halogenated alkanes) is 2.